The number of ether oxygens (including phenoxy) is 1. The Morgan fingerprint density at radius 3 is 2.65 bits per heavy atom. The van der Waals surface area contributed by atoms with Crippen molar-refractivity contribution in [3.63, 3.8) is 0 Å². The maximum Gasteiger partial charge on any atom is 0.224 e. The van der Waals surface area contributed by atoms with E-state index in [1.807, 2.05) is 31.2 Å². The van der Waals surface area contributed by atoms with Crippen molar-refractivity contribution in [1.82, 2.24) is 9.62 Å². The quantitative estimate of drug-likeness (QED) is 0.643. The molecule has 130 valence electrons. The molecular formula is C16H26N2O4S. The van der Waals surface area contributed by atoms with Gasteiger partial charge in [-0.2, -0.15) is 0 Å². The third-order valence-corrected chi connectivity index (χ3v) is 4.66. The van der Waals surface area contributed by atoms with Gasteiger partial charge >= 0.3 is 0 Å². The van der Waals surface area contributed by atoms with Crippen LogP contribution >= 0.6 is 0 Å². The molecule has 1 aromatic carbocycles. The molecular weight excluding hydrogens is 316 g/mol. The highest BCUT2D eigenvalue weighted by Crippen LogP contribution is 2.04. The lowest BCUT2D eigenvalue weighted by atomic mass is 10.1. The van der Waals surface area contributed by atoms with Crippen LogP contribution in [0.2, 0.25) is 0 Å². The van der Waals surface area contributed by atoms with Crippen molar-refractivity contribution in [1.29, 1.82) is 0 Å². The first-order chi connectivity index (χ1) is 10.8. The highest BCUT2D eigenvalue weighted by Gasteiger charge is 2.16. The van der Waals surface area contributed by atoms with Gasteiger partial charge < -0.3 is 10.1 Å². The molecule has 6 nitrogen and oxygen atoms in total. The third-order valence-electron chi connectivity index (χ3n) is 3.36. The number of aryl methyl sites for hydroxylation is 1. The number of carbonyl (C=O) groups excluding carboxylic acids is 1. The van der Waals surface area contributed by atoms with Crippen molar-refractivity contribution in [3.8, 4) is 0 Å². The van der Waals surface area contributed by atoms with Crippen LogP contribution in [-0.4, -0.2) is 58.2 Å². The van der Waals surface area contributed by atoms with Crippen LogP contribution in [0.4, 0.5) is 0 Å². The number of amides is 1. The van der Waals surface area contributed by atoms with E-state index in [4.69, 9.17) is 4.74 Å². The summed E-state index contributed by atoms with van der Waals surface area (Å²) in [5.74, 6) is -0.110. The van der Waals surface area contributed by atoms with Crippen LogP contribution in [0.1, 0.15) is 17.5 Å². The number of hydrogen-bond donors (Lipinski definition) is 1. The molecule has 0 heterocycles. The minimum Gasteiger partial charge on any atom is -0.385 e. The van der Waals surface area contributed by atoms with Crippen molar-refractivity contribution in [2.45, 2.75) is 19.8 Å². The van der Waals surface area contributed by atoms with E-state index in [0.717, 1.165) is 11.1 Å². The number of hydrogen-bond acceptors (Lipinski definition) is 4. The maximum absolute atomic E-state index is 11.9. The minimum absolute atomic E-state index is 0.110. The summed E-state index contributed by atoms with van der Waals surface area (Å²) in [4.78, 5) is 11.9. The van der Waals surface area contributed by atoms with Gasteiger partial charge in [0.25, 0.3) is 0 Å². The zero-order chi connectivity index (χ0) is 17.3. The first-order valence-corrected chi connectivity index (χ1v) is 9.44. The largest absolute Gasteiger partial charge is 0.385 e. The van der Waals surface area contributed by atoms with Crippen LogP contribution in [0.3, 0.4) is 0 Å². The fraction of sp³-hybridized carbons (Fsp3) is 0.562. The van der Waals surface area contributed by atoms with Crippen LogP contribution < -0.4 is 5.32 Å². The van der Waals surface area contributed by atoms with E-state index in [1.54, 1.807) is 7.11 Å². The lowest BCUT2D eigenvalue weighted by Crippen LogP contribution is -2.39. The Morgan fingerprint density at radius 1 is 1.30 bits per heavy atom. The Hall–Kier alpha value is -1.44. The maximum atomic E-state index is 11.9. The molecule has 7 heteroatoms. The average molecular weight is 342 g/mol. The molecule has 0 bridgehead atoms. The van der Waals surface area contributed by atoms with Crippen molar-refractivity contribution >= 4 is 15.9 Å². The minimum atomic E-state index is -3.28. The summed E-state index contributed by atoms with van der Waals surface area (Å²) in [5.41, 5.74) is 2.05. The molecule has 0 aromatic heterocycles. The fourth-order valence-corrected chi connectivity index (χ4v) is 3.10. The summed E-state index contributed by atoms with van der Waals surface area (Å²) < 4.78 is 29.7. The Balaban J connectivity index is 2.41. The second-order valence-corrected chi connectivity index (χ2v) is 7.51. The molecule has 1 N–H and O–H groups in total. The van der Waals surface area contributed by atoms with Gasteiger partial charge in [0, 0.05) is 33.4 Å². The molecule has 0 fully saturated rings. The van der Waals surface area contributed by atoms with Crippen LogP contribution in [0.15, 0.2) is 24.3 Å². The molecule has 0 aliphatic heterocycles. The van der Waals surface area contributed by atoms with Crippen molar-refractivity contribution in [2.24, 2.45) is 0 Å². The number of methoxy groups -OCH3 is 1. The van der Waals surface area contributed by atoms with Gasteiger partial charge in [0.15, 0.2) is 0 Å². The Morgan fingerprint density at radius 2 is 2.04 bits per heavy atom. The van der Waals surface area contributed by atoms with Gasteiger partial charge in [-0.05, 0) is 18.9 Å². The summed E-state index contributed by atoms with van der Waals surface area (Å²) in [6.45, 7) is 3.43. The summed E-state index contributed by atoms with van der Waals surface area (Å²) in [5, 5.41) is 2.77. The van der Waals surface area contributed by atoms with Crippen LogP contribution in [0.5, 0.6) is 0 Å². The molecule has 1 amide bonds. The molecule has 0 aliphatic rings. The molecule has 1 rings (SSSR count). The highest BCUT2D eigenvalue weighted by molar-refractivity contribution is 7.88. The van der Waals surface area contributed by atoms with E-state index in [0.29, 0.717) is 32.5 Å². The predicted molar refractivity (Wildman–Crippen MR) is 90.8 cm³/mol. The molecule has 0 radical (unpaired) electrons. The van der Waals surface area contributed by atoms with Crippen LogP contribution in [0.25, 0.3) is 0 Å². The highest BCUT2D eigenvalue weighted by atomic mass is 32.2. The number of nitrogens with zero attached hydrogens (tertiary/aromatic N) is 1. The first kappa shape index (κ1) is 19.6. The molecule has 23 heavy (non-hydrogen) atoms. The zero-order valence-electron chi connectivity index (χ0n) is 14.0. The Bertz CT molecular complexity index is 602. The molecule has 1 aromatic rings. The Labute approximate surface area is 138 Å². The van der Waals surface area contributed by atoms with E-state index < -0.39 is 10.0 Å². The van der Waals surface area contributed by atoms with E-state index in [1.165, 1.54) is 10.6 Å². The number of nitrogens with one attached hydrogen (secondary N) is 1. The molecule has 0 atom stereocenters. The third kappa shape index (κ3) is 8.11. The van der Waals surface area contributed by atoms with Gasteiger partial charge in [-0.1, -0.05) is 29.8 Å². The first-order valence-electron chi connectivity index (χ1n) is 7.59. The summed E-state index contributed by atoms with van der Waals surface area (Å²) in [7, 11) is -1.70. The summed E-state index contributed by atoms with van der Waals surface area (Å²) >= 11 is 0. The molecule has 0 saturated carbocycles. The van der Waals surface area contributed by atoms with Gasteiger partial charge in [-0.3, -0.25) is 4.79 Å². The van der Waals surface area contributed by atoms with Gasteiger partial charge in [0.1, 0.15) is 0 Å². The van der Waals surface area contributed by atoms with Gasteiger partial charge in [-0.15, -0.1) is 0 Å². The van der Waals surface area contributed by atoms with Crippen molar-refractivity contribution in [2.75, 3.05) is 39.6 Å². The summed E-state index contributed by atoms with van der Waals surface area (Å²) in [6, 6.07) is 7.76. The Kier molecular flexibility index (Phi) is 8.22. The van der Waals surface area contributed by atoms with Crippen LogP contribution in [-0.2, 0) is 26.0 Å². The molecule has 0 unspecified atom stereocenters. The van der Waals surface area contributed by atoms with Crippen molar-refractivity contribution < 1.29 is 17.9 Å². The van der Waals surface area contributed by atoms with E-state index in [-0.39, 0.29) is 12.5 Å². The second-order valence-electron chi connectivity index (χ2n) is 5.52. The van der Waals surface area contributed by atoms with Gasteiger partial charge in [-0.25, -0.2) is 12.7 Å². The van der Waals surface area contributed by atoms with E-state index >= 15 is 0 Å². The van der Waals surface area contributed by atoms with Crippen LogP contribution in [0, 0.1) is 6.92 Å². The van der Waals surface area contributed by atoms with Crippen molar-refractivity contribution in [3.05, 3.63) is 35.4 Å². The van der Waals surface area contributed by atoms with E-state index in [2.05, 4.69) is 5.32 Å². The number of carbonyl (C=O) groups is 1. The van der Waals surface area contributed by atoms with E-state index in [9.17, 15) is 13.2 Å². The number of benzene rings is 1. The normalized spacial score (nSPS) is 11.7. The average Bonchev–Trinajstić information content (AvgIpc) is 2.44. The van der Waals surface area contributed by atoms with Gasteiger partial charge in [0.05, 0.1) is 12.7 Å². The lowest BCUT2D eigenvalue weighted by Gasteiger charge is -2.20. The fourth-order valence-electron chi connectivity index (χ4n) is 2.22. The smallest absolute Gasteiger partial charge is 0.224 e. The molecule has 0 saturated heterocycles. The number of sulfonamides is 1. The number of rotatable bonds is 10. The standard InChI is InChI=1S/C16H26N2O4S/c1-14-6-4-7-15(12-14)13-16(19)17-8-10-18(23(3,20)21)9-5-11-22-2/h4,6-7,12H,5,8-11,13H2,1-3H3,(H,17,19). The SMILES string of the molecule is COCCCN(CCNC(=O)Cc1cccc(C)c1)S(C)(=O)=O. The predicted octanol–water partition coefficient (Wildman–Crippen LogP) is 0.952. The van der Waals surface area contributed by atoms with Gasteiger partial charge in [0.2, 0.25) is 15.9 Å². The zero-order valence-corrected chi connectivity index (χ0v) is 14.9. The monoisotopic (exact) mass is 342 g/mol. The summed E-state index contributed by atoms with van der Waals surface area (Å²) in [6.07, 6.45) is 2.10. The lowest BCUT2D eigenvalue weighted by molar-refractivity contribution is -0.120. The topological polar surface area (TPSA) is 75.7 Å². The second kappa shape index (κ2) is 9.64. The molecule has 0 aliphatic carbocycles. The molecule has 0 spiro atoms.